The lowest BCUT2D eigenvalue weighted by Gasteiger charge is -2.12. The van der Waals surface area contributed by atoms with E-state index in [0.717, 1.165) is 5.56 Å². The first kappa shape index (κ1) is 17.4. The van der Waals surface area contributed by atoms with E-state index in [-0.39, 0.29) is 41.9 Å². The topological polar surface area (TPSA) is 55.4 Å². The highest BCUT2D eigenvalue weighted by Crippen LogP contribution is 2.39. The zero-order valence-electron chi connectivity index (χ0n) is 13.6. The number of carbonyl (C=O) groups is 2. The Bertz CT molecular complexity index is 837. The molecule has 1 unspecified atom stereocenters. The Morgan fingerprint density at radius 1 is 1.36 bits per heavy atom. The monoisotopic (exact) mass is 361 g/mol. The largest absolute Gasteiger partial charge is 0.483 e. The summed E-state index contributed by atoms with van der Waals surface area (Å²) in [6, 6.07) is 9.83. The molecular formula is C19H17ClFNO3. The van der Waals surface area contributed by atoms with E-state index in [0.29, 0.717) is 17.1 Å². The molecule has 0 radical (unpaired) electrons. The van der Waals surface area contributed by atoms with Crippen LogP contribution in [-0.4, -0.2) is 18.3 Å². The van der Waals surface area contributed by atoms with Gasteiger partial charge < -0.3 is 10.1 Å². The van der Waals surface area contributed by atoms with Crippen LogP contribution in [-0.2, 0) is 11.3 Å². The number of fused-ring (bicyclic) bond motifs is 1. The molecule has 130 valence electrons. The predicted molar refractivity (Wildman–Crippen MR) is 92.6 cm³/mol. The van der Waals surface area contributed by atoms with Crippen molar-refractivity contribution >= 4 is 23.3 Å². The molecule has 0 heterocycles. The molecule has 0 aliphatic heterocycles. The van der Waals surface area contributed by atoms with Crippen LogP contribution in [0.1, 0.15) is 40.7 Å². The van der Waals surface area contributed by atoms with E-state index in [2.05, 4.69) is 5.32 Å². The Balaban J connectivity index is 1.63. The molecule has 1 aliphatic carbocycles. The summed E-state index contributed by atoms with van der Waals surface area (Å²) >= 11 is 5.89. The number of ketones is 1. The maximum atomic E-state index is 13.9. The Morgan fingerprint density at radius 2 is 2.16 bits per heavy atom. The third kappa shape index (κ3) is 3.82. The average molecular weight is 362 g/mol. The van der Waals surface area contributed by atoms with Gasteiger partial charge in [0.15, 0.2) is 12.4 Å². The highest BCUT2D eigenvalue weighted by atomic mass is 35.5. The quantitative estimate of drug-likeness (QED) is 0.879. The molecule has 0 saturated heterocycles. The van der Waals surface area contributed by atoms with Gasteiger partial charge in [0.2, 0.25) is 0 Å². The normalized spacial score (nSPS) is 15.8. The summed E-state index contributed by atoms with van der Waals surface area (Å²) in [5.74, 6) is -0.828. The summed E-state index contributed by atoms with van der Waals surface area (Å²) in [7, 11) is 0. The molecule has 2 aromatic carbocycles. The molecular weight excluding hydrogens is 345 g/mol. The van der Waals surface area contributed by atoms with Gasteiger partial charge in [-0.25, -0.2) is 4.39 Å². The molecule has 2 aromatic rings. The summed E-state index contributed by atoms with van der Waals surface area (Å²) in [5, 5.41) is 3.31. The zero-order valence-corrected chi connectivity index (χ0v) is 14.4. The third-order valence-electron chi connectivity index (χ3n) is 4.15. The predicted octanol–water partition coefficient (Wildman–Crippen LogP) is 3.86. The van der Waals surface area contributed by atoms with Crippen molar-refractivity contribution < 1.29 is 18.7 Å². The van der Waals surface area contributed by atoms with Gasteiger partial charge in [-0.1, -0.05) is 30.7 Å². The van der Waals surface area contributed by atoms with Crippen LogP contribution in [0.15, 0.2) is 36.4 Å². The third-order valence-corrected chi connectivity index (χ3v) is 4.39. The van der Waals surface area contributed by atoms with Crippen molar-refractivity contribution in [1.29, 1.82) is 0 Å². The number of halogens is 2. The lowest BCUT2D eigenvalue weighted by atomic mass is 10.0. The minimum absolute atomic E-state index is 0.156. The van der Waals surface area contributed by atoms with E-state index in [4.69, 9.17) is 16.3 Å². The van der Waals surface area contributed by atoms with Crippen molar-refractivity contribution in [3.05, 3.63) is 63.9 Å². The number of amides is 1. The lowest BCUT2D eigenvalue weighted by Crippen LogP contribution is -2.28. The van der Waals surface area contributed by atoms with E-state index in [1.54, 1.807) is 25.1 Å². The fraction of sp³-hybridized carbons (Fsp3) is 0.263. The second-order valence-corrected chi connectivity index (χ2v) is 6.49. The molecule has 0 spiro atoms. The van der Waals surface area contributed by atoms with Gasteiger partial charge in [-0.15, -0.1) is 0 Å². The number of carbonyl (C=O) groups excluding carboxylic acids is 2. The first-order valence-electron chi connectivity index (χ1n) is 7.95. The van der Waals surface area contributed by atoms with Crippen molar-refractivity contribution in [2.75, 3.05) is 6.61 Å². The van der Waals surface area contributed by atoms with E-state index >= 15 is 0 Å². The summed E-state index contributed by atoms with van der Waals surface area (Å²) in [6.07, 6.45) is 0.258. The van der Waals surface area contributed by atoms with Gasteiger partial charge in [0.05, 0.1) is 5.56 Å². The summed E-state index contributed by atoms with van der Waals surface area (Å²) in [5.41, 5.74) is 1.50. The SMILES string of the molecule is CC1CC(=O)c2c(OCC(=O)NCc3cccc(Cl)c3)ccc(F)c21. The molecule has 1 amide bonds. The van der Waals surface area contributed by atoms with Crippen LogP contribution in [0.4, 0.5) is 4.39 Å². The molecule has 0 bridgehead atoms. The highest BCUT2D eigenvalue weighted by Gasteiger charge is 2.32. The molecule has 6 heteroatoms. The average Bonchev–Trinajstić information content (AvgIpc) is 2.88. The molecule has 1 N–H and O–H groups in total. The van der Waals surface area contributed by atoms with Crippen LogP contribution in [0.2, 0.25) is 5.02 Å². The van der Waals surface area contributed by atoms with Gasteiger partial charge in [0.1, 0.15) is 11.6 Å². The van der Waals surface area contributed by atoms with Crippen molar-refractivity contribution in [1.82, 2.24) is 5.32 Å². The Labute approximate surface area is 149 Å². The van der Waals surface area contributed by atoms with Crippen LogP contribution >= 0.6 is 11.6 Å². The highest BCUT2D eigenvalue weighted by molar-refractivity contribution is 6.30. The van der Waals surface area contributed by atoms with Gasteiger partial charge in [0.25, 0.3) is 5.91 Å². The Kier molecular flexibility index (Phi) is 5.04. The van der Waals surface area contributed by atoms with Gasteiger partial charge >= 0.3 is 0 Å². The first-order valence-corrected chi connectivity index (χ1v) is 8.33. The Morgan fingerprint density at radius 3 is 2.92 bits per heavy atom. The molecule has 0 fully saturated rings. The van der Waals surface area contributed by atoms with E-state index < -0.39 is 5.82 Å². The van der Waals surface area contributed by atoms with Crippen LogP contribution in [0, 0.1) is 5.82 Å². The number of benzene rings is 2. The van der Waals surface area contributed by atoms with Crippen LogP contribution in [0.5, 0.6) is 5.75 Å². The van der Waals surface area contributed by atoms with Crippen LogP contribution < -0.4 is 10.1 Å². The summed E-state index contributed by atoms with van der Waals surface area (Å²) in [4.78, 5) is 24.0. The minimum Gasteiger partial charge on any atom is -0.483 e. The molecule has 25 heavy (non-hydrogen) atoms. The zero-order chi connectivity index (χ0) is 18.0. The van der Waals surface area contributed by atoms with E-state index in [1.165, 1.54) is 12.1 Å². The number of Topliss-reactive ketones (excluding diaryl/α,β-unsaturated/α-hetero) is 1. The van der Waals surface area contributed by atoms with Gasteiger partial charge in [0, 0.05) is 23.6 Å². The molecule has 0 saturated carbocycles. The van der Waals surface area contributed by atoms with Crippen LogP contribution in [0.25, 0.3) is 0 Å². The summed E-state index contributed by atoms with van der Waals surface area (Å²) in [6.45, 7) is 1.87. The first-order chi connectivity index (χ1) is 12.0. The second-order valence-electron chi connectivity index (χ2n) is 6.06. The summed E-state index contributed by atoms with van der Waals surface area (Å²) < 4.78 is 19.4. The fourth-order valence-electron chi connectivity index (χ4n) is 2.99. The number of nitrogens with one attached hydrogen (secondary N) is 1. The number of hydrogen-bond donors (Lipinski definition) is 1. The number of hydrogen-bond acceptors (Lipinski definition) is 3. The maximum absolute atomic E-state index is 13.9. The fourth-order valence-corrected chi connectivity index (χ4v) is 3.20. The standard InChI is InChI=1S/C19H17ClFNO3/c1-11-7-15(23)19-16(6-5-14(21)18(11)19)25-10-17(24)22-9-12-3-2-4-13(20)8-12/h2-6,8,11H,7,9-10H2,1H3,(H,22,24). The molecule has 0 aromatic heterocycles. The Hall–Kier alpha value is -2.40. The van der Waals surface area contributed by atoms with E-state index in [1.807, 2.05) is 6.07 Å². The van der Waals surface area contributed by atoms with Crippen molar-refractivity contribution in [3.8, 4) is 5.75 Å². The van der Waals surface area contributed by atoms with Crippen molar-refractivity contribution in [2.24, 2.45) is 0 Å². The lowest BCUT2D eigenvalue weighted by molar-refractivity contribution is -0.123. The number of ether oxygens (including phenoxy) is 1. The molecule has 1 aliphatic rings. The second kappa shape index (κ2) is 7.23. The van der Waals surface area contributed by atoms with Gasteiger partial charge in [-0.3, -0.25) is 9.59 Å². The molecule has 4 nitrogen and oxygen atoms in total. The van der Waals surface area contributed by atoms with Crippen molar-refractivity contribution in [3.63, 3.8) is 0 Å². The molecule has 3 rings (SSSR count). The smallest absolute Gasteiger partial charge is 0.258 e. The minimum atomic E-state index is -0.411. The molecule has 1 atom stereocenters. The van der Waals surface area contributed by atoms with Crippen LogP contribution in [0.3, 0.4) is 0 Å². The van der Waals surface area contributed by atoms with Gasteiger partial charge in [-0.2, -0.15) is 0 Å². The maximum Gasteiger partial charge on any atom is 0.258 e. The van der Waals surface area contributed by atoms with Crippen molar-refractivity contribution in [2.45, 2.75) is 25.8 Å². The van der Waals surface area contributed by atoms with E-state index in [9.17, 15) is 14.0 Å². The number of rotatable bonds is 5. The van der Waals surface area contributed by atoms with Gasteiger partial charge in [-0.05, 0) is 35.7 Å².